The lowest BCUT2D eigenvalue weighted by Crippen LogP contribution is -2.41. The summed E-state index contributed by atoms with van der Waals surface area (Å²) in [5.41, 5.74) is 0. The number of esters is 1. The first kappa shape index (κ1) is 44.1. The second kappa shape index (κ2) is 23.4. The van der Waals surface area contributed by atoms with Gasteiger partial charge >= 0.3 is 11.9 Å². The molecule has 0 aliphatic heterocycles. The molecule has 1 unspecified atom stereocenters. The molecule has 0 fully saturated rings. The average molecular weight is 685 g/mol. The van der Waals surface area contributed by atoms with E-state index in [0.717, 1.165) is 0 Å². The SMILES string of the molecule is CC(C)(C)[Si](C)(C)OCCOCCOCCOCCC(COCCOCCOCCO[Si](C)(C)C(C)(C)C)OC(=O)CC(=O)O. The number of carbonyl (C=O) groups is 2. The molecule has 0 aromatic rings. The lowest BCUT2D eigenvalue weighted by atomic mass is 10.2. The molecule has 0 amide bonds. The van der Waals surface area contributed by atoms with Gasteiger partial charge < -0.3 is 47.1 Å². The third kappa shape index (κ3) is 23.1. The molecule has 0 radical (unpaired) electrons. The van der Waals surface area contributed by atoms with Gasteiger partial charge in [-0.05, 0) is 36.3 Å². The van der Waals surface area contributed by atoms with Gasteiger partial charge in [-0.3, -0.25) is 9.59 Å². The molecular formula is C31H64O12Si2. The summed E-state index contributed by atoms with van der Waals surface area (Å²) < 4.78 is 50.8. The van der Waals surface area contributed by atoms with Crippen molar-refractivity contribution in [3.05, 3.63) is 0 Å². The van der Waals surface area contributed by atoms with Crippen molar-refractivity contribution >= 4 is 28.6 Å². The molecule has 0 saturated carbocycles. The van der Waals surface area contributed by atoms with E-state index in [-0.39, 0.29) is 16.7 Å². The minimum atomic E-state index is -1.76. The lowest BCUT2D eigenvalue weighted by molar-refractivity contribution is -0.158. The largest absolute Gasteiger partial charge is 0.481 e. The predicted octanol–water partition coefficient (Wildman–Crippen LogP) is 4.91. The van der Waals surface area contributed by atoms with Crippen molar-refractivity contribution in [3.8, 4) is 0 Å². The van der Waals surface area contributed by atoms with Gasteiger partial charge in [-0.15, -0.1) is 0 Å². The highest BCUT2D eigenvalue weighted by Crippen LogP contribution is 2.37. The molecule has 0 spiro atoms. The van der Waals surface area contributed by atoms with Gasteiger partial charge in [0.15, 0.2) is 16.6 Å². The van der Waals surface area contributed by atoms with Crippen LogP contribution in [0.1, 0.15) is 54.4 Å². The topological polar surface area (TPSA) is 137 Å². The highest BCUT2D eigenvalue weighted by atomic mass is 28.4. The maximum atomic E-state index is 11.9. The Morgan fingerprint density at radius 3 is 1.24 bits per heavy atom. The van der Waals surface area contributed by atoms with Gasteiger partial charge in [-0.25, -0.2) is 0 Å². The molecule has 14 heteroatoms. The van der Waals surface area contributed by atoms with Crippen LogP contribution in [0.4, 0.5) is 0 Å². The van der Waals surface area contributed by atoms with Gasteiger partial charge in [0.2, 0.25) is 0 Å². The second-order valence-electron chi connectivity index (χ2n) is 13.8. The first-order valence-electron chi connectivity index (χ1n) is 16.0. The maximum absolute atomic E-state index is 11.9. The molecule has 0 rings (SSSR count). The van der Waals surface area contributed by atoms with Crippen molar-refractivity contribution < 1.29 is 56.7 Å². The standard InChI is InChI=1S/C31H64O12Si2/c1-30(2,3)44(7,8)41-23-21-38-17-15-36-14-13-35-12-11-27(43-29(34)25-28(32)33)26-40-20-19-37-16-18-39-22-24-42-45(9,10)31(4,5)6/h27H,11-26H2,1-10H3,(H,32,33). The predicted molar refractivity (Wildman–Crippen MR) is 178 cm³/mol. The summed E-state index contributed by atoms with van der Waals surface area (Å²) in [6.07, 6.45) is -0.988. The summed E-state index contributed by atoms with van der Waals surface area (Å²) in [5, 5.41) is 9.20. The van der Waals surface area contributed by atoms with E-state index in [1.807, 2.05) is 0 Å². The molecule has 0 heterocycles. The molecular weight excluding hydrogens is 621 g/mol. The molecule has 0 bridgehead atoms. The molecule has 0 aliphatic carbocycles. The molecule has 1 N–H and O–H groups in total. The summed E-state index contributed by atoms with van der Waals surface area (Å²) in [4.78, 5) is 22.7. The van der Waals surface area contributed by atoms with Crippen molar-refractivity contribution in [1.82, 2.24) is 0 Å². The Kier molecular flexibility index (Phi) is 22.9. The monoisotopic (exact) mass is 684 g/mol. The number of rotatable bonds is 28. The van der Waals surface area contributed by atoms with E-state index in [1.165, 1.54) is 0 Å². The third-order valence-corrected chi connectivity index (χ3v) is 17.0. The van der Waals surface area contributed by atoms with Gasteiger partial charge in [-0.1, -0.05) is 41.5 Å². The molecule has 268 valence electrons. The number of aliphatic carboxylic acids is 1. The quantitative estimate of drug-likeness (QED) is 0.0519. The highest BCUT2D eigenvalue weighted by molar-refractivity contribution is 6.74. The van der Waals surface area contributed by atoms with Crippen molar-refractivity contribution in [1.29, 1.82) is 0 Å². The Balaban J connectivity index is 3.99. The summed E-state index contributed by atoms with van der Waals surface area (Å²) >= 11 is 0. The van der Waals surface area contributed by atoms with Crippen molar-refractivity contribution in [3.63, 3.8) is 0 Å². The fourth-order valence-corrected chi connectivity index (χ4v) is 5.14. The van der Waals surface area contributed by atoms with Crippen LogP contribution in [0.3, 0.4) is 0 Å². The minimum Gasteiger partial charge on any atom is -0.481 e. The van der Waals surface area contributed by atoms with E-state index in [1.54, 1.807) is 0 Å². The van der Waals surface area contributed by atoms with Crippen LogP contribution in [0.25, 0.3) is 0 Å². The maximum Gasteiger partial charge on any atom is 0.317 e. The number of hydrogen-bond acceptors (Lipinski definition) is 11. The van der Waals surface area contributed by atoms with Gasteiger partial charge in [0.25, 0.3) is 0 Å². The zero-order valence-electron chi connectivity index (χ0n) is 29.8. The zero-order valence-corrected chi connectivity index (χ0v) is 31.8. The van der Waals surface area contributed by atoms with Gasteiger partial charge in [0.1, 0.15) is 12.5 Å². The van der Waals surface area contributed by atoms with Crippen molar-refractivity contribution in [2.45, 2.75) is 96.8 Å². The Morgan fingerprint density at radius 1 is 0.556 bits per heavy atom. The average Bonchev–Trinajstić information content (AvgIpc) is 2.90. The minimum absolute atomic E-state index is 0.104. The fraction of sp³-hybridized carbons (Fsp3) is 0.935. The van der Waals surface area contributed by atoms with Crippen LogP contribution in [0.2, 0.25) is 36.3 Å². The van der Waals surface area contributed by atoms with E-state index in [2.05, 4.69) is 67.7 Å². The van der Waals surface area contributed by atoms with Crippen LogP contribution >= 0.6 is 0 Å². The van der Waals surface area contributed by atoms with Crippen molar-refractivity contribution in [2.24, 2.45) is 0 Å². The Labute approximate surface area is 274 Å². The van der Waals surface area contributed by atoms with Gasteiger partial charge in [0, 0.05) is 6.42 Å². The number of carbonyl (C=O) groups excluding carboxylic acids is 1. The summed E-state index contributed by atoms with van der Waals surface area (Å²) in [7, 11) is -3.52. The number of carboxylic acid groups (broad SMARTS) is 1. The van der Waals surface area contributed by atoms with Crippen molar-refractivity contribution in [2.75, 3.05) is 92.5 Å². The molecule has 0 aromatic carbocycles. The molecule has 1 atom stereocenters. The van der Waals surface area contributed by atoms with E-state index in [0.29, 0.717) is 92.3 Å². The summed E-state index contributed by atoms with van der Waals surface area (Å²) in [6.45, 7) is 27.9. The Bertz CT molecular complexity index is 782. The van der Waals surface area contributed by atoms with E-state index < -0.39 is 41.1 Å². The molecule has 0 aliphatic rings. The first-order chi connectivity index (χ1) is 20.9. The normalized spacial score (nSPS) is 13.6. The van der Waals surface area contributed by atoms with E-state index in [9.17, 15) is 9.59 Å². The highest BCUT2D eigenvalue weighted by Gasteiger charge is 2.37. The molecule has 0 saturated heterocycles. The first-order valence-corrected chi connectivity index (χ1v) is 21.9. The Hall–Kier alpha value is -0.946. The fourth-order valence-electron chi connectivity index (χ4n) is 3.08. The van der Waals surface area contributed by atoms with E-state index in [4.69, 9.17) is 47.1 Å². The van der Waals surface area contributed by atoms with Crippen LogP contribution in [-0.4, -0.2) is 132 Å². The van der Waals surface area contributed by atoms with Crippen LogP contribution in [-0.2, 0) is 51.6 Å². The van der Waals surface area contributed by atoms with Crippen LogP contribution in [0.5, 0.6) is 0 Å². The number of hydrogen-bond donors (Lipinski definition) is 1. The second-order valence-corrected chi connectivity index (χ2v) is 23.4. The lowest BCUT2D eigenvalue weighted by Gasteiger charge is -2.36. The van der Waals surface area contributed by atoms with E-state index >= 15 is 0 Å². The summed E-state index contributed by atoms with van der Waals surface area (Å²) in [5.74, 6) is -2.07. The Morgan fingerprint density at radius 2 is 0.889 bits per heavy atom. The van der Waals surface area contributed by atoms with Crippen LogP contribution < -0.4 is 0 Å². The number of ether oxygens (including phenoxy) is 7. The molecule has 0 aromatic heterocycles. The smallest absolute Gasteiger partial charge is 0.317 e. The third-order valence-electron chi connectivity index (χ3n) is 7.96. The number of carboxylic acids is 1. The molecule has 45 heavy (non-hydrogen) atoms. The summed E-state index contributed by atoms with van der Waals surface area (Å²) in [6, 6.07) is 0. The van der Waals surface area contributed by atoms with Crippen LogP contribution in [0, 0.1) is 0 Å². The van der Waals surface area contributed by atoms with Gasteiger partial charge in [0.05, 0.1) is 92.5 Å². The zero-order chi connectivity index (χ0) is 34.4. The molecule has 12 nitrogen and oxygen atoms in total. The van der Waals surface area contributed by atoms with Gasteiger partial charge in [-0.2, -0.15) is 0 Å². The van der Waals surface area contributed by atoms with Crippen LogP contribution in [0.15, 0.2) is 0 Å².